The fourth-order valence-electron chi connectivity index (χ4n) is 3.15. The number of carboxylic acid groups (broad SMARTS) is 1. The average molecular weight is 302 g/mol. The van der Waals surface area contributed by atoms with Crippen molar-refractivity contribution in [3.05, 3.63) is 29.8 Å². The van der Waals surface area contributed by atoms with Gasteiger partial charge in [0.1, 0.15) is 0 Å². The number of benzene rings is 1. The number of aliphatic carboxylic acids is 1. The summed E-state index contributed by atoms with van der Waals surface area (Å²) in [6.45, 7) is 1.99. The average Bonchev–Trinajstić information content (AvgIpc) is 3.32. The number of carbonyl (C=O) groups excluding carboxylic acids is 1. The lowest BCUT2D eigenvalue weighted by atomic mass is 9.91. The van der Waals surface area contributed by atoms with Gasteiger partial charge in [0.15, 0.2) is 0 Å². The Kier molecular flexibility index (Phi) is 4.05. The van der Waals surface area contributed by atoms with E-state index < -0.39 is 5.97 Å². The Labute approximate surface area is 130 Å². The molecule has 0 spiro atoms. The summed E-state index contributed by atoms with van der Waals surface area (Å²) in [6, 6.07) is 8.10. The van der Waals surface area contributed by atoms with Crippen molar-refractivity contribution < 1.29 is 14.7 Å². The summed E-state index contributed by atoms with van der Waals surface area (Å²) in [5, 5.41) is 9.08. The van der Waals surface area contributed by atoms with Gasteiger partial charge in [0.05, 0.1) is 13.0 Å². The maximum atomic E-state index is 11.8. The van der Waals surface area contributed by atoms with Gasteiger partial charge in [-0.1, -0.05) is 12.1 Å². The number of carbonyl (C=O) groups is 2. The molecule has 1 aromatic rings. The van der Waals surface area contributed by atoms with Crippen molar-refractivity contribution in [2.24, 2.45) is 5.92 Å². The normalized spacial score (nSPS) is 20.1. The van der Waals surface area contributed by atoms with Crippen LogP contribution in [0.1, 0.15) is 30.7 Å². The van der Waals surface area contributed by atoms with Crippen LogP contribution >= 0.6 is 0 Å². The Hall–Kier alpha value is -2.04. The molecule has 1 unspecified atom stereocenters. The molecule has 1 heterocycles. The number of piperazine rings is 1. The maximum Gasteiger partial charge on any atom is 0.303 e. The fraction of sp³-hybridized carbons (Fsp3) is 0.529. The highest BCUT2D eigenvalue weighted by Gasteiger charge is 2.33. The molecule has 0 radical (unpaired) electrons. The highest BCUT2D eigenvalue weighted by molar-refractivity contribution is 5.82. The van der Waals surface area contributed by atoms with Gasteiger partial charge in [-0.05, 0) is 42.4 Å². The quantitative estimate of drug-likeness (QED) is 0.903. The van der Waals surface area contributed by atoms with Crippen LogP contribution in [-0.4, -0.2) is 48.6 Å². The minimum Gasteiger partial charge on any atom is -0.481 e. The topological polar surface area (TPSA) is 60.9 Å². The molecule has 2 fully saturated rings. The van der Waals surface area contributed by atoms with E-state index in [2.05, 4.69) is 4.90 Å². The first-order valence-electron chi connectivity index (χ1n) is 7.85. The molecule has 3 rings (SSSR count). The number of amides is 1. The van der Waals surface area contributed by atoms with Gasteiger partial charge in [-0.15, -0.1) is 0 Å². The molecule has 1 atom stereocenters. The molecular weight excluding hydrogens is 280 g/mol. The van der Waals surface area contributed by atoms with Crippen LogP contribution in [0.25, 0.3) is 0 Å². The van der Waals surface area contributed by atoms with Crippen LogP contribution < -0.4 is 4.90 Å². The van der Waals surface area contributed by atoms with Crippen molar-refractivity contribution in [1.29, 1.82) is 0 Å². The molecule has 1 aromatic carbocycles. The lowest BCUT2D eigenvalue weighted by molar-refractivity contribution is -0.137. The third kappa shape index (κ3) is 3.24. The highest BCUT2D eigenvalue weighted by atomic mass is 16.4. The molecule has 1 aliphatic heterocycles. The van der Waals surface area contributed by atoms with Crippen molar-refractivity contribution in [3.63, 3.8) is 0 Å². The van der Waals surface area contributed by atoms with Crippen LogP contribution in [-0.2, 0) is 9.59 Å². The van der Waals surface area contributed by atoms with E-state index in [0.717, 1.165) is 37.2 Å². The zero-order chi connectivity index (χ0) is 15.7. The SMILES string of the molecule is CN1CCN(c2ccc(C(CC(=O)O)C3CC3)cc2)CC1=O. The second-order valence-electron chi connectivity index (χ2n) is 6.37. The number of carboxylic acids is 1. The van der Waals surface area contributed by atoms with E-state index in [0.29, 0.717) is 12.5 Å². The lowest BCUT2D eigenvalue weighted by Crippen LogP contribution is -2.48. The van der Waals surface area contributed by atoms with E-state index in [1.807, 2.05) is 31.3 Å². The standard InChI is InChI=1S/C17H22N2O3/c1-18-8-9-19(11-16(18)20)14-6-4-13(5-7-14)15(10-17(21)22)12-2-3-12/h4-7,12,15H,2-3,8-11H2,1H3,(H,21,22). The van der Waals surface area contributed by atoms with Gasteiger partial charge >= 0.3 is 5.97 Å². The van der Waals surface area contributed by atoms with Crippen molar-refractivity contribution >= 4 is 17.6 Å². The molecule has 1 aliphatic carbocycles. The molecule has 1 saturated heterocycles. The molecule has 1 N–H and O–H groups in total. The Bertz CT molecular complexity index is 566. The number of anilines is 1. The summed E-state index contributed by atoms with van der Waals surface area (Å²) >= 11 is 0. The van der Waals surface area contributed by atoms with Crippen molar-refractivity contribution in [2.45, 2.75) is 25.2 Å². The van der Waals surface area contributed by atoms with Gasteiger partial charge in [-0.3, -0.25) is 9.59 Å². The molecule has 1 amide bonds. The lowest BCUT2D eigenvalue weighted by Gasteiger charge is -2.33. The molecule has 22 heavy (non-hydrogen) atoms. The third-order valence-electron chi connectivity index (χ3n) is 4.73. The van der Waals surface area contributed by atoms with E-state index in [4.69, 9.17) is 5.11 Å². The van der Waals surface area contributed by atoms with Gasteiger partial charge in [0.25, 0.3) is 0 Å². The summed E-state index contributed by atoms with van der Waals surface area (Å²) in [4.78, 5) is 26.7. The molecule has 2 aliphatic rings. The predicted octanol–water partition coefficient (Wildman–Crippen LogP) is 1.93. The number of likely N-dealkylation sites (N-methyl/N-ethyl adjacent to an activating group) is 1. The van der Waals surface area contributed by atoms with Crippen LogP contribution in [0.3, 0.4) is 0 Å². The van der Waals surface area contributed by atoms with Crippen LogP contribution in [0.4, 0.5) is 5.69 Å². The summed E-state index contributed by atoms with van der Waals surface area (Å²) in [6.07, 6.45) is 2.47. The van der Waals surface area contributed by atoms with Gasteiger partial charge in [0.2, 0.25) is 5.91 Å². The first-order chi connectivity index (χ1) is 10.5. The number of hydrogen-bond donors (Lipinski definition) is 1. The first kappa shape index (κ1) is 14.9. The van der Waals surface area contributed by atoms with E-state index >= 15 is 0 Å². The van der Waals surface area contributed by atoms with Crippen molar-refractivity contribution in [2.75, 3.05) is 31.6 Å². The Morgan fingerprint density at radius 2 is 1.95 bits per heavy atom. The second kappa shape index (κ2) is 5.99. The monoisotopic (exact) mass is 302 g/mol. The fourth-order valence-corrected chi connectivity index (χ4v) is 3.15. The zero-order valence-corrected chi connectivity index (χ0v) is 12.9. The van der Waals surface area contributed by atoms with Crippen LogP contribution in [0, 0.1) is 5.92 Å². The minimum atomic E-state index is -0.731. The highest BCUT2D eigenvalue weighted by Crippen LogP contribution is 2.44. The molecule has 0 bridgehead atoms. The summed E-state index contributed by atoms with van der Waals surface area (Å²) in [5.41, 5.74) is 2.14. The summed E-state index contributed by atoms with van der Waals surface area (Å²) < 4.78 is 0. The van der Waals surface area contributed by atoms with Crippen molar-refractivity contribution in [1.82, 2.24) is 4.90 Å². The minimum absolute atomic E-state index is 0.126. The van der Waals surface area contributed by atoms with E-state index in [-0.39, 0.29) is 18.2 Å². The smallest absolute Gasteiger partial charge is 0.303 e. The largest absolute Gasteiger partial charge is 0.481 e. The summed E-state index contributed by atoms with van der Waals surface area (Å²) in [7, 11) is 1.83. The molecule has 5 heteroatoms. The molecule has 118 valence electrons. The number of nitrogens with zero attached hydrogens (tertiary/aromatic N) is 2. The van der Waals surface area contributed by atoms with Gasteiger partial charge in [-0.2, -0.15) is 0 Å². The first-order valence-corrected chi connectivity index (χ1v) is 7.85. The third-order valence-corrected chi connectivity index (χ3v) is 4.73. The Balaban J connectivity index is 1.71. The van der Waals surface area contributed by atoms with Crippen molar-refractivity contribution in [3.8, 4) is 0 Å². The van der Waals surface area contributed by atoms with Gasteiger partial charge in [-0.25, -0.2) is 0 Å². The van der Waals surface area contributed by atoms with Crippen LogP contribution in [0.2, 0.25) is 0 Å². The maximum absolute atomic E-state index is 11.8. The number of rotatable bonds is 5. The Morgan fingerprint density at radius 1 is 1.27 bits per heavy atom. The Morgan fingerprint density at radius 3 is 2.50 bits per heavy atom. The van der Waals surface area contributed by atoms with E-state index in [1.165, 1.54) is 0 Å². The van der Waals surface area contributed by atoms with Crippen LogP contribution in [0.5, 0.6) is 0 Å². The predicted molar refractivity (Wildman–Crippen MR) is 84.0 cm³/mol. The molecule has 5 nitrogen and oxygen atoms in total. The molecule has 1 saturated carbocycles. The van der Waals surface area contributed by atoms with Crippen LogP contribution in [0.15, 0.2) is 24.3 Å². The van der Waals surface area contributed by atoms with E-state index in [9.17, 15) is 9.59 Å². The van der Waals surface area contributed by atoms with Gasteiger partial charge < -0.3 is 14.9 Å². The van der Waals surface area contributed by atoms with Gasteiger partial charge in [0, 0.05) is 25.8 Å². The second-order valence-corrected chi connectivity index (χ2v) is 6.37. The molecular formula is C17H22N2O3. The van der Waals surface area contributed by atoms with E-state index in [1.54, 1.807) is 4.90 Å². The number of hydrogen-bond acceptors (Lipinski definition) is 3. The summed E-state index contributed by atoms with van der Waals surface area (Å²) in [5.74, 6) is 0.0514. The molecule has 0 aromatic heterocycles. The zero-order valence-electron chi connectivity index (χ0n) is 12.9.